The quantitative estimate of drug-likeness (QED) is 0.364. The molecule has 0 bridgehead atoms. The molecule has 32 heavy (non-hydrogen) atoms. The van der Waals surface area contributed by atoms with Crippen LogP contribution in [0.4, 0.5) is 8.78 Å². The predicted molar refractivity (Wildman–Crippen MR) is 117 cm³/mol. The van der Waals surface area contributed by atoms with Crippen LogP contribution in [0.5, 0.6) is 0 Å². The highest BCUT2D eigenvalue weighted by Crippen LogP contribution is 2.71. The number of allylic oxidation sites excluding steroid dienone is 4. The number of hydrogen-bond donors (Lipinski definition) is 2. The number of halogens is 2. The molecule has 5 nitrogen and oxygen atoms in total. The van der Waals surface area contributed by atoms with Crippen molar-refractivity contribution < 1.29 is 33.0 Å². The SMILES string of the molecule is CCOCO[C@]1(C(=O)S)[C@H](C)CC2C3C[C@H](F)C4=CC(=O)C=C[C@]4(C)[C@@]3(F)[C@@H](O)C[C@@]21C. The zero-order valence-electron chi connectivity index (χ0n) is 18.9. The summed E-state index contributed by atoms with van der Waals surface area (Å²) in [6, 6.07) is 0. The van der Waals surface area contributed by atoms with Crippen LogP contribution in [0.2, 0.25) is 0 Å². The van der Waals surface area contributed by atoms with Crippen LogP contribution >= 0.6 is 12.6 Å². The van der Waals surface area contributed by atoms with Crippen molar-refractivity contribution in [1.29, 1.82) is 0 Å². The first kappa shape index (κ1) is 24.0. The first-order valence-electron chi connectivity index (χ1n) is 11.3. The van der Waals surface area contributed by atoms with E-state index in [0.717, 1.165) is 0 Å². The predicted octanol–water partition coefficient (Wildman–Crippen LogP) is 3.76. The van der Waals surface area contributed by atoms with Crippen molar-refractivity contribution in [2.45, 2.75) is 70.5 Å². The van der Waals surface area contributed by atoms with E-state index < -0.39 is 51.3 Å². The Bertz CT molecular complexity index is 892. The molecule has 4 rings (SSSR count). The third kappa shape index (κ3) is 2.79. The minimum Gasteiger partial charge on any atom is -0.390 e. The Labute approximate surface area is 193 Å². The lowest BCUT2D eigenvalue weighted by Crippen LogP contribution is -2.70. The Morgan fingerprint density at radius 1 is 1.31 bits per heavy atom. The number of aliphatic hydroxyl groups excluding tert-OH is 1. The lowest BCUT2D eigenvalue weighted by Gasteiger charge is -2.63. The van der Waals surface area contributed by atoms with Crippen molar-refractivity contribution in [3.8, 4) is 0 Å². The summed E-state index contributed by atoms with van der Waals surface area (Å²) in [6.07, 6.45) is 1.07. The smallest absolute Gasteiger partial charge is 0.218 e. The standard InChI is InChI=1S/C24H32F2O5S/c1-5-30-12-31-24(20(29)32)13(2)8-15-16-10-18(25)17-9-14(27)6-7-21(17,3)23(16,26)19(28)11-22(15,24)4/h6-7,9,13,15-16,18-19,28H,5,8,10-12H2,1-4H3,(H,29,32)/t13-,15?,16?,18+,19+,21+,22+,23+,24+/m1/s1. The molecular weight excluding hydrogens is 438 g/mol. The van der Waals surface area contributed by atoms with E-state index in [-0.39, 0.29) is 36.9 Å². The van der Waals surface area contributed by atoms with E-state index in [1.807, 2.05) is 13.8 Å². The number of rotatable bonds is 5. The first-order chi connectivity index (χ1) is 14.9. The molecule has 8 heteroatoms. The molecule has 0 spiro atoms. The van der Waals surface area contributed by atoms with Gasteiger partial charge in [-0.25, -0.2) is 8.78 Å². The molecule has 3 saturated carbocycles. The summed E-state index contributed by atoms with van der Waals surface area (Å²) in [5.74, 6) is -2.00. The number of ketones is 1. The largest absolute Gasteiger partial charge is 0.390 e. The van der Waals surface area contributed by atoms with Gasteiger partial charge in [0, 0.05) is 23.4 Å². The first-order valence-corrected chi connectivity index (χ1v) is 11.8. The van der Waals surface area contributed by atoms with Gasteiger partial charge in [0.1, 0.15) is 18.6 Å². The third-order valence-electron chi connectivity index (χ3n) is 9.06. The number of carbonyl (C=O) groups excluding carboxylic acids is 2. The molecule has 9 atom stereocenters. The van der Waals surface area contributed by atoms with Crippen molar-refractivity contribution in [2.24, 2.45) is 28.6 Å². The topological polar surface area (TPSA) is 72.8 Å². The van der Waals surface area contributed by atoms with Gasteiger partial charge in [-0.2, -0.15) is 0 Å². The van der Waals surface area contributed by atoms with Crippen molar-refractivity contribution in [2.75, 3.05) is 13.4 Å². The summed E-state index contributed by atoms with van der Waals surface area (Å²) in [5, 5.41) is 10.8. The molecule has 4 aliphatic carbocycles. The van der Waals surface area contributed by atoms with Crippen molar-refractivity contribution in [1.82, 2.24) is 0 Å². The summed E-state index contributed by atoms with van der Waals surface area (Å²) in [5.41, 5.74) is -5.90. The maximum atomic E-state index is 17.1. The highest BCUT2D eigenvalue weighted by Gasteiger charge is 2.77. The average Bonchev–Trinajstić information content (AvgIpc) is 2.94. The number of carbonyl (C=O) groups is 2. The summed E-state index contributed by atoms with van der Waals surface area (Å²) >= 11 is 4.17. The molecule has 0 aliphatic heterocycles. The molecule has 178 valence electrons. The fourth-order valence-corrected chi connectivity index (χ4v) is 8.11. The van der Waals surface area contributed by atoms with E-state index in [0.29, 0.717) is 13.0 Å². The number of aliphatic hydroxyl groups is 1. The van der Waals surface area contributed by atoms with E-state index in [1.165, 1.54) is 18.2 Å². The fourth-order valence-electron chi connectivity index (χ4n) is 7.57. The van der Waals surface area contributed by atoms with Crippen LogP contribution in [-0.4, -0.2) is 53.0 Å². The Morgan fingerprint density at radius 2 is 2.00 bits per heavy atom. The van der Waals surface area contributed by atoms with Crippen LogP contribution in [0.25, 0.3) is 0 Å². The Hall–Kier alpha value is -1.09. The molecule has 0 saturated heterocycles. The molecular formula is C24H32F2O5S. The van der Waals surface area contributed by atoms with Gasteiger partial charge in [0.05, 0.1) is 6.10 Å². The lowest BCUT2D eigenvalue weighted by molar-refractivity contribution is -0.243. The van der Waals surface area contributed by atoms with E-state index in [1.54, 1.807) is 13.8 Å². The molecule has 0 aromatic carbocycles. The van der Waals surface area contributed by atoms with Gasteiger partial charge in [0.25, 0.3) is 0 Å². The van der Waals surface area contributed by atoms with E-state index >= 15 is 8.78 Å². The minimum absolute atomic E-state index is 0.0466. The van der Waals surface area contributed by atoms with Gasteiger partial charge < -0.3 is 14.6 Å². The summed E-state index contributed by atoms with van der Waals surface area (Å²) in [4.78, 5) is 24.9. The summed E-state index contributed by atoms with van der Waals surface area (Å²) < 4.78 is 44.0. The second kappa shape index (κ2) is 7.72. The molecule has 3 fully saturated rings. The van der Waals surface area contributed by atoms with Crippen LogP contribution in [-0.2, 0) is 19.1 Å². The molecule has 0 heterocycles. The molecule has 0 amide bonds. The van der Waals surface area contributed by atoms with E-state index in [2.05, 4.69) is 12.6 Å². The van der Waals surface area contributed by atoms with E-state index in [9.17, 15) is 14.7 Å². The maximum absolute atomic E-state index is 17.1. The van der Waals surface area contributed by atoms with Gasteiger partial charge in [0.15, 0.2) is 11.5 Å². The Kier molecular flexibility index (Phi) is 5.80. The number of fused-ring (bicyclic) bond motifs is 5. The molecule has 0 aromatic heterocycles. The van der Waals surface area contributed by atoms with Crippen LogP contribution in [0.15, 0.2) is 23.8 Å². The van der Waals surface area contributed by atoms with Crippen LogP contribution < -0.4 is 0 Å². The second-order valence-corrected chi connectivity index (χ2v) is 10.7. The van der Waals surface area contributed by atoms with Gasteiger partial charge >= 0.3 is 0 Å². The highest BCUT2D eigenvalue weighted by atomic mass is 32.1. The summed E-state index contributed by atoms with van der Waals surface area (Å²) in [6.45, 7) is 7.32. The zero-order valence-corrected chi connectivity index (χ0v) is 19.8. The number of hydrogen-bond acceptors (Lipinski definition) is 5. The maximum Gasteiger partial charge on any atom is 0.218 e. The van der Waals surface area contributed by atoms with Gasteiger partial charge in [-0.3, -0.25) is 9.59 Å². The lowest BCUT2D eigenvalue weighted by atomic mass is 9.44. The van der Waals surface area contributed by atoms with Crippen LogP contribution in [0.1, 0.15) is 47.0 Å². The molecule has 2 unspecified atom stereocenters. The third-order valence-corrected chi connectivity index (χ3v) is 9.39. The molecule has 1 N–H and O–H groups in total. The van der Waals surface area contributed by atoms with Gasteiger partial charge in [-0.05, 0) is 62.7 Å². The van der Waals surface area contributed by atoms with Gasteiger partial charge in [-0.15, -0.1) is 12.6 Å². The Morgan fingerprint density at radius 3 is 2.62 bits per heavy atom. The van der Waals surface area contributed by atoms with E-state index in [4.69, 9.17) is 9.47 Å². The fraction of sp³-hybridized carbons (Fsp3) is 0.750. The highest BCUT2D eigenvalue weighted by molar-refractivity contribution is 7.96. The molecule has 4 aliphatic rings. The zero-order chi connectivity index (χ0) is 23.7. The van der Waals surface area contributed by atoms with Crippen molar-refractivity contribution in [3.05, 3.63) is 23.8 Å². The van der Waals surface area contributed by atoms with Crippen LogP contribution in [0.3, 0.4) is 0 Å². The monoisotopic (exact) mass is 470 g/mol. The summed E-state index contributed by atoms with van der Waals surface area (Å²) in [7, 11) is 0. The van der Waals surface area contributed by atoms with Crippen molar-refractivity contribution >= 4 is 23.5 Å². The molecule has 0 radical (unpaired) electrons. The molecule has 0 aromatic rings. The second-order valence-electron chi connectivity index (χ2n) is 10.3. The van der Waals surface area contributed by atoms with Crippen molar-refractivity contribution in [3.63, 3.8) is 0 Å². The number of ether oxygens (including phenoxy) is 2. The number of alkyl halides is 2. The average molecular weight is 471 g/mol. The Balaban J connectivity index is 1.83. The van der Waals surface area contributed by atoms with Crippen LogP contribution in [0, 0.1) is 28.6 Å². The number of thiol groups is 1. The minimum atomic E-state index is -2.18. The van der Waals surface area contributed by atoms with Gasteiger partial charge in [0.2, 0.25) is 5.12 Å². The normalized spacial score (nSPS) is 49.8. The van der Waals surface area contributed by atoms with Gasteiger partial charge in [-0.1, -0.05) is 19.9 Å².